The molecule has 16 heavy (non-hydrogen) atoms. The highest BCUT2D eigenvalue weighted by atomic mass is 16.3. The summed E-state index contributed by atoms with van der Waals surface area (Å²) < 4.78 is 0. The number of carbonyl (C=O) groups is 1. The molecule has 0 aliphatic carbocycles. The number of amides is 1. The van der Waals surface area contributed by atoms with E-state index in [1.807, 2.05) is 0 Å². The first-order valence-electron chi connectivity index (χ1n) is 5.23. The van der Waals surface area contributed by atoms with Crippen molar-refractivity contribution in [2.24, 2.45) is 11.7 Å². The molecule has 0 saturated carbocycles. The topological polar surface area (TPSA) is 66.6 Å². The molecule has 1 rings (SSSR count). The van der Waals surface area contributed by atoms with Gasteiger partial charge in [-0.25, -0.2) is 0 Å². The average Bonchev–Trinajstić information content (AvgIpc) is 2.27. The van der Waals surface area contributed by atoms with E-state index in [0.717, 1.165) is 5.56 Å². The maximum atomic E-state index is 11.7. The zero-order valence-electron chi connectivity index (χ0n) is 9.68. The largest absolute Gasteiger partial charge is 0.508 e. The number of benzene rings is 1. The van der Waals surface area contributed by atoms with Crippen LogP contribution in [0.4, 0.5) is 0 Å². The van der Waals surface area contributed by atoms with Crippen LogP contribution >= 0.6 is 0 Å². The molecule has 0 aliphatic rings. The number of carbonyl (C=O) groups excluding carboxylic acids is 1. The van der Waals surface area contributed by atoms with E-state index in [1.165, 1.54) is 0 Å². The number of nitrogens with zero attached hydrogens (tertiary/aromatic N) is 1. The molecule has 0 spiro atoms. The van der Waals surface area contributed by atoms with Crippen molar-refractivity contribution in [1.82, 2.24) is 4.90 Å². The van der Waals surface area contributed by atoms with Crippen LogP contribution in [0.3, 0.4) is 0 Å². The van der Waals surface area contributed by atoms with Gasteiger partial charge in [0, 0.05) is 20.6 Å². The first-order valence-corrected chi connectivity index (χ1v) is 5.23. The van der Waals surface area contributed by atoms with Gasteiger partial charge in [0.15, 0.2) is 0 Å². The number of aromatic hydroxyl groups is 1. The van der Waals surface area contributed by atoms with Crippen LogP contribution in [0.15, 0.2) is 24.3 Å². The van der Waals surface area contributed by atoms with Crippen molar-refractivity contribution < 1.29 is 9.90 Å². The summed E-state index contributed by atoms with van der Waals surface area (Å²) in [5.74, 6) is 0.0714. The van der Waals surface area contributed by atoms with Gasteiger partial charge >= 0.3 is 0 Å². The molecule has 88 valence electrons. The van der Waals surface area contributed by atoms with E-state index >= 15 is 0 Å². The molecular weight excluding hydrogens is 204 g/mol. The van der Waals surface area contributed by atoms with E-state index in [1.54, 1.807) is 43.3 Å². The third-order valence-corrected chi connectivity index (χ3v) is 2.49. The number of phenolic OH excluding ortho intramolecular Hbond substituents is 1. The molecule has 0 heterocycles. The van der Waals surface area contributed by atoms with Crippen molar-refractivity contribution in [1.29, 1.82) is 0 Å². The summed E-state index contributed by atoms with van der Waals surface area (Å²) in [5, 5.41) is 9.15. The fourth-order valence-corrected chi connectivity index (χ4v) is 1.55. The Morgan fingerprint density at radius 2 is 1.94 bits per heavy atom. The lowest BCUT2D eigenvalue weighted by Crippen LogP contribution is -2.35. The predicted octanol–water partition coefficient (Wildman–Crippen LogP) is 0.598. The fourth-order valence-electron chi connectivity index (χ4n) is 1.55. The molecule has 0 fully saturated rings. The van der Waals surface area contributed by atoms with E-state index in [0.29, 0.717) is 13.0 Å². The number of hydrogen-bond donors (Lipinski definition) is 2. The van der Waals surface area contributed by atoms with Gasteiger partial charge in [-0.3, -0.25) is 4.79 Å². The van der Waals surface area contributed by atoms with Crippen LogP contribution in [0.2, 0.25) is 0 Å². The van der Waals surface area contributed by atoms with Gasteiger partial charge in [-0.1, -0.05) is 12.1 Å². The van der Waals surface area contributed by atoms with Crippen molar-refractivity contribution in [2.45, 2.75) is 6.42 Å². The average molecular weight is 222 g/mol. The Morgan fingerprint density at radius 3 is 2.38 bits per heavy atom. The van der Waals surface area contributed by atoms with E-state index in [9.17, 15) is 4.79 Å². The number of nitrogens with two attached hydrogens (primary N) is 1. The summed E-state index contributed by atoms with van der Waals surface area (Å²) in [6, 6.07) is 6.84. The maximum Gasteiger partial charge on any atom is 0.226 e. The first-order chi connectivity index (χ1) is 7.54. The van der Waals surface area contributed by atoms with E-state index < -0.39 is 0 Å². The molecule has 3 N–H and O–H groups in total. The molecule has 0 aromatic heterocycles. The van der Waals surface area contributed by atoms with Gasteiger partial charge < -0.3 is 15.7 Å². The second-order valence-electron chi connectivity index (χ2n) is 4.04. The van der Waals surface area contributed by atoms with Crippen LogP contribution in [0, 0.1) is 5.92 Å². The number of hydrogen-bond acceptors (Lipinski definition) is 3. The monoisotopic (exact) mass is 222 g/mol. The third-order valence-electron chi connectivity index (χ3n) is 2.49. The van der Waals surface area contributed by atoms with Crippen LogP contribution in [0.25, 0.3) is 0 Å². The van der Waals surface area contributed by atoms with Gasteiger partial charge in [0.05, 0.1) is 5.92 Å². The summed E-state index contributed by atoms with van der Waals surface area (Å²) in [6.07, 6.45) is 0.605. The van der Waals surface area contributed by atoms with Gasteiger partial charge in [0.1, 0.15) is 5.75 Å². The Morgan fingerprint density at radius 1 is 1.38 bits per heavy atom. The van der Waals surface area contributed by atoms with E-state index in [4.69, 9.17) is 10.8 Å². The van der Waals surface area contributed by atoms with Crippen LogP contribution in [-0.2, 0) is 11.2 Å². The highest BCUT2D eigenvalue weighted by molar-refractivity contribution is 5.78. The summed E-state index contributed by atoms with van der Waals surface area (Å²) in [4.78, 5) is 13.3. The Bertz CT molecular complexity index is 347. The van der Waals surface area contributed by atoms with Crippen LogP contribution in [0.1, 0.15) is 5.56 Å². The maximum absolute atomic E-state index is 11.7. The Labute approximate surface area is 95.7 Å². The normalized spacial score (nSPS) is 12.2. The highest BCUT2D eigenvalue weighted by Gasteiger charge is 2.18. The van der Waals surface area contributed by atoms with E-state index in [2.05, 4.69) is 0 Å². The zero-order valence-corrected chi connectivity index (χ0v) is 9.68. The lowest BCUT2D eigenvalue weighted by atomic mass is 9.98. The summed E-state index contributed by atoms with van der Waals surface area (Å²) in [6.45, 7) is 0.331. The smallest absolute Gasteiger partial charge is 0.226 e. The van der Waals surface area contributed by atoms with Crippen LogP contribution < -0.4 is 5.73 Å². The molecule has 1 unspecified atom stereocenters. The van der Waals surface area contributed by atoms with Crippen LogP contribution in [0.5, 0.6) is 5.75 Å². The van der Waals surface area contributed by atoms with Gasteiger partial charge in [0.2, 0.25) is 5.91 Å². The fraction of sp³-hybridized carbons (Fsp3) is 0.417. The lowest BCUT2D eigenvalue weighted by molar-refractivity contribution is -0.132. The number of phenols is 1. The second kappa shape index (κ2) is 5.51. The molecule has 0 radical (unpaired) electrons. The van der Waals surface area contributed by atoms with Gasteiger partial charge in [-0.15, -0.1) is 0 Å². The minimum atomic E-state index is -0.195. The lowest BCUT2D eigenvalue weighted by Gasteiger charge is -2.19. The highest BCUT2D eigenvalue weighted by Crippen LogP contribution is 2.14. The van der Waals surface area contributed by atoms with Gasteiger partial charge in [-0.05, 0) is 24.1 Å². The molecule has 0 aliphatic heterocycles. The Hall–Kier alpha value is -1.55. The SMILES string of the molecule is CN(C)C(=O)C(CN)Cc1ccc(O)cc1. The quantitative estimate of drug-likeness (QED) is 0.784. The number of rotatable bonds is 4. The van der Waals surface area contributed by atoms with Gasteiger partial charge in [-0.2, -0.15) is 0 Å². The predicted molar refractivity (Wildman–Crippen MR) is 63.0 cm³/mol. The van der Waals surface area contributed by atoms with Crippen molar-refractivity contribution >= 4 is 5.91 Å². The van der Waals surface area contributed by atoms with Crippen molar-refractivity contribution in [3.05, 3.63) is 29.8 Å². The molecule has 1 atom stereocenters. The van der Waals surface area contributed by atoms with Crippen molar-refractivity contribution in [3.8, 4) is 5.75 Å². The molecule has 4 heteroatoms. The molecule has 1 aromatic carbocycles. The molecule has 1 aromatic rings. The summed E-state index contributed by atoms with van der Waals surface area (Å²) in [7, 11) is 3.45. The minimum Gasteiger partial charge on any atom is -0.508 e. The second-order valence-corrected chi connectivity index (χ2v) is 4.04. The van der Waals surface area contributed by atoms with Crippen molar-refractivity contribution in [2.75, 3.05) is 20.6 Å². The molecular formula is C12H18N2O2. The van der Waals surface area contributed by atoms with Crippen LogP contribution in [-0.4, -0.2) is 36.6 Å². The van der Waals surface area contributed by atoms with Gasteiger partial charge in [0.25, 0.3) is 0 Å². The minimum absolute atomic E-state index is 0.0376. The Kier molecular flexibility index (Phi) is 4.31. The Balaban J connectivity index is 2.70. The van der Waals surface area contributed by atoms with E-state index in [-0.39, 0.29) is 17.6 Å². The molecule has 0 saturated heterocycles. The third kappa shape index (κ3) is 3.24. The molecule has 4 nitrogen and oxygen atoms in total. The van der Waals surface area contributed by atoms with Crippen molar-refractivity contribution in [3.63, 3.8) is 0 Å². The summed E-state index contributed by atoms with van der Waals surface area (Å²) >= 11 is 0. The molecule has 1 amide bonds. The zero-order chi connectivity index (χ0) is 12.1. The first kappa shape index (κ1) is 12.5. The molecule has 0 bridgehead atoms. The summed E-state index contributed by atoms with van der Waals surface area (Å²) in [5.41, 5.74) is 6.60. The standard InChI is InChI=1S/C12H18N2O2/c1-14(2)12(16)10(8-13)7-9-3-5-11(15)6-4-9/h3-6,10,15H,7-8,13H2,1-2H3.